The first-order chi connectivity index (χ1) is 17.2. The number of aromatic amines is 1. The van der Waals surface area contributed by atoms with Gasteiger partial charge in [0, 0.05) is 44.0 Å². The SMILES string of the molecule is O=c1[nH]c(C2CCN(c3cnccn3)CC2)nc(N[C@@H]2CCCNC2)c1-c1nc2ccccc2s1. The van der Waals surface area contributed by atoms with Crippen molar-refractivity contribution in [2.75, 3.05) is 36.4 Å². The van der Waals surface area contributed by atoms with Crippen molar-refractivity contribution in [2.45, 2.75) is 37.6 Å². The largest absolute Gasteiger partial charge is 0.365 e. The Morgan fingerprint density at radius 3 is 2.74 bits per heavy atom. The van der Waals surface area contributed by atoms with Gasteiger partial charge in [-0.3, -0.25) is 9.78 Å². The Morgan fingerprint density at radius 1 is 1.09 bits per heavy atom. The maximum Gasteiger partial charge on any atom is 0.263 e. The van der Waals surface area contributed by atoms with Gasteiger partial charge in [0.15, 0.2) is 0 Å². The van der Waals surface area contributed by atoms with E-state index in [0.717, 1.165) is 73.7 Å². The van der Waals surface area contributed by atoms with Crippen LogP contribution in [0.3, 0.4) is 0 Å². The molecule has 2 saturated heterocycles. The minimum atomic E-state index is -0.128. The molecular formula is C25H28N8OS. The topological polar surface area (TPSA) is 112 Å². The number of H-pyrrole nitrogens is 1. The van der Waals surface area contributed by atoms with E-state index in [1.165, 1.54) is 11.3 Å². The first-order valence-electron chi connectivity index (χ1n) is 12.2. The van der Waals surface area contributed by atoms with Crippen molar-refractivity contribution >= 4 is 33.2 Å². The van der Waals surface area contributed by atoms with Crippen LogP contribution in [0.1, 0.15) is 37.4 Å². The van der Waals surface area contributed by atoms with Gasteiger partial charge in [-0.1, -0.05) is 12.1 Å². The highest BCUT2D eigenvalue weighted by atomic mass is 32.1. The lowest BCUT2D eigenvalue weighted by molar-refractivity contribution is 0.473. The number of nitrogens with zero attached hydrogens (tertiary/aromatic N) is 5. The maximum atomic E-state index is 13.5. The normalized spacial score (nSPS) is 19.2. The van der Waals surface area contributed by atoms with Crippen molar-refractivity contribution in [3.63, 3.8) is 0 Å². The van der Waals surface area contributed by atoms with E-state index in [-0.39, 0.29) is 17.5 Å². The van der Waals surface area contributed by atoms with Crippen LogP contribution in [0.2, 0.25) is 0 Å². The number of benzene rings is 1. The average molecular weight is 489 g/mol. The Morgan fingerprint density at radius 2 is 1.97 bits per heavy atom. The summed E-state index contributed by atoms with van der Waals surface area (Å²) in [5.74, 6) is 2.48. The Labute approximate surface area is 207 Å². The van der Waals surface area contributed by atoms with Crippen molar-refractivity contribution in [2.24, 2.45) is 0 Å². The molecule has 0 radical (unpaired) electrons. The summed E-state index contributed by atoms with van der Waals surface area (Å²) in [7, 11) is 0. The summed E-state index contributed by atoms with van der Waals surface area (Å²) < 4.78 is 1.06. The van der Waals surface area contributed by atoms with Crippen molar-refractivity contribution in [1.29, 1.82) is 0 Å². The lowest BCUT2D eigenvalue weighted by Crippen LogP contribution is -2.39. The van der Waals surface area contributed by atoms with Gasteiger partial charge in [-0.2, -0.15) is 0 Å². The molecule has 6 rings (SSSR count). The zero-order chi connectivity index (χ0) is 23.6. The molecule has 0 saturated carbocycles. The van der Waals surface area contributed by atoms with Gasteiger partial charge < -0.3 is 20.5 Å². The quantitative estimate of drug-likeness (QED) is 0.392. The van der Waals surface area contributed by atoms with Crippen LogP contribution < -0.4 is 21.1 Å². The molecule has 1 atom stereocenters. The summed E-state index contributed by atoms with van der Waals surface area (Å²) in [4.78, 5) is 37.3. The fraction of sp³-hybridized carbons (Fsp3) is 0.400. The Balaban J connectivity index is 1.32. The summed E-state index contributed by atoms with van der Waals surface area (Å²) in [5.41, 5.74) is 1.31. The number of aromatic nitrogens is 5. The van der Waals surface area contributed by atoms with Crippen LogP contribution in [-0.2, 0) is 0 Å². The zero-order valence-electron chi connectivity index (χ0n) is 19.4. The second-order valence-corrected chi connectivity index (χ2v) is 10.2. The molecule has 0 unspecified atom stereocenters. The summed E-state index contributed by atoms with van der Waals surface area (Å²) in [6.07, 6.45) is 9.15. The predicted octanol–water partition coefficient (Wildman–Crippen LogP) is 3.38. The molecule has 2 aliphatic heterocycles. The van der Waals surface area contributed by atoms with Gasteiger partial charge in [0.2, 0.25) is 0 Å². The van der Waals surface area contributed by atoms with Crippen LogP contribution >= 0.6 is 11.3 Å². The third kappa shape index (κ3) is 4.63. The third-order valence-electron chi connectivity index (χ3n) is 6.84. The van der Waals surface area contributed by atoms with E-state index in [1.807, 2.05) is 24.3 Å². The molecule has 2 fully saturated rings. The van der Waals surface area contributed by atoms with Crippen LogP contribution in [0.5, 0.6) is 0 Å². The molecule has 1 aromatic carbocycles. The third-order valence-corrected chi connectivity index (χ3v) is 7.89. The van der Waals surface area contributed by atoms with Gasteiger partial charge in [0.25, 0.3) is 5.56 Å². The monoisotopic (exact) mass is 488 g/mol. The molecule has 2 aliphatic rings. The number of hydrogen-bond acceptors (Lipinski definition) is 9. The molecule has 9 nitrogen and oxygen atoms in total. The number of para-hydroxylation sites is 1. The fourth-order valence-electron chi connectivity index (χ4n) is 4.97. The van der Waals surface area contributed by atoms with Crippen molar-refractivity contribution in [3.05, 3.63) is 59.0 Å². The maximum absolute atomic E-state index is 13.5. The summed E-state index contributed by atoms with van der Waals surface area (Å²) in [6, 6.07) is 8.22. The van der Waals surface area contributed by atoms with Gasteiger partial charge >= 0.3 is 0 Å². The van der Waals surface area contributed by atoms with Crippen LogP contribution in [0.15, 0.2) is 47.7 Å². The van der Waals surface area contributed by atoms with Crippen LogP contribution in [0, 0.1) is 0 Å². The second-order valence-electron chi connectivity index (χ2n) is 9.17. The van der Waals surface area contributed by atoms with Crippen LogP contribution in [0.4, 0.5) is 11.6 Å². The molecule has 0 amide bonds. The summed E-state index contributed by atoms with van der Waals surface area (Å²) in [5, 5.41) is 7.74. The van der Waals surface area contributed by atoms with Crippen molar-refractivity contribution < 1.29 is 0 Å². The number of anilines is 2. The number of fused-ring (bicyclic) bond motifs is 1. The molecule has 4 aromatic rings. The molecule has 3 aromatic heterocycles. The molecule has 35 heavy (non-hydrogen) atoms. The lowest BCUT2D eigenvalue weighted by Gasteiger charge is -2.32. The van der Waals surface area contributed by atoms with E-state index in [2.05, 4.69) is 30.5 Å². The van der Waals surface area contributed by atoms with E-state index in [1.54, 1.807) is 18.6 Å². The van der Waals surface area contributed by atoms with E-state index < -0.39 is 0 Å². The van der Waals surface area contributed by atoms with E-state index >= 15 is 0 Å². The Hall–Kier alpha value is -3.37. The molecule has 0 bridgehead atoms. The van der Waals surface area contributed by atoms with Gasteiger partial charge in [0.05, 0.1) is 16.4 Å². The second kappa shape index (κ2) is 9.71. The first-order valence-corrected chi connectivity index (χ1v) is 13.0. The highest BCUT2D eigenvalue weighted by molar-refractivity contribution is 7.21. The minimum absolute atomic E-state index is 0.128. The molecule has 3 N–H and O–H groups in total. The standard InChI is InChI=1S/C25H28N8OS/c34-24-21(25-30-18-5-1-2-6-19(18)35-25)23(29-17-4-3-9-26-14-17)31-22(32-24)16-7-12-33(13-8-16)20-15-27-10-11-28-20/h1-2,5-6,10-11,15-17,26H,3-4,7-9,12-14H2,(H2,29,31,32,34)/t17-/m1/s1. The number of hydrogen-bond donors (Lipinski definition) is 3. The van der Waals surface area contributed by atoms with E-state index in [4.69, 9.17) is 9.97 Å². The Bertz CT molecular complexity index is 1320. The van der Waals surface area contributed by atoms with Crippen LogP contribution in [-0.4, -0.2) is 57.1 Å². The van der Waals surface area contributed by atoms with Crippen molar-refractivity contribution in [3.8, 4) is 10.6 Å². The highest BCUT2D eigenvalue weighted by Crippen LogP contribution is 2.34. The van der Waals surface area contributed by atoms with Crippen molar-refractivity contribution in [1.82, 2.24) is 30.2 Å². The molecule has 0 spiro atoms. The van der Waals surface area contributed by atoms with E-state index in [0.29, 0.717) is 16.4 Å². The van der Waals surface area contributed by atoms with Gasteiger partial charge in [-0.15, -0.1) is 11.3 Å². The molecule has 180 valence electrons. The van der Waals surface area contributed by atoms with Crippen LogP contribution in [0.25, 0.3) is 20.8 Å². The minimum Gasteiger partial charge on any atom is -0.365 e. The number of rotatable bonds is 5. The van der Waals surface area contributed by atoms with Gasteiger partial charge in [0.1, 0.15) is 28.0 Å². The smallest absolute Gasteiger partial charge is 0.263 e. The van der Waals surface area contributed by atoms with E-state index in [9.17, 15) is 4.79 Å². The molecule has 5 heterocycles. The zero-order valence-corrected chi connectivity index (χ0v) is 20.2. The summed E-state index contributed by atoms with van der Waals surface area (Å²) in [6.45, 7) is 3.59. The first kappa shape index (κ1) is 22.1. The molecular weight excluding hydrogens is 460 g/mol. The number of piperidine rings is 2. The summed E-state index contributed by atoms with van der Waals surface area (Å²) >= 11 is 1.53. The van der Waals surface area contributed by atoms with Gasteiger partial charge in [-0.25, -0.2) is 15.0 Å². The number of thiazole rings is 1. The fourth-order valence-corrected chi connectivity index (χ4v) is 5.98. The number of nitrogens with one attached hydrogen (secondary N) is 3. The lowest BCUT2D eigenvalue weighted by atomic mass is 9.96. The highest BCUT2D eigenvalue weighted by Gasteiger charge is 2.27. The Kier molecular flexibility index (Phi) is 6.13. The average Bonchev–Trinajstić information content (AvgIpc) is 3.33. The predicted molar refractivity (Wildman–Crippen MR) is 139 cm³/mol. The molecule has 10 heteroatoms. The molecule has 0 aliphatic carbocycles. The van der Waals surface area contributed by atoms with Gasteiger partial charge in [-0.05, 0) is 44.4 Å².